The molecule has 0 spiro atoms. The second-order valence-electron chi connectivity index (χ2n) is 8.74. The van der Waals surface area contributed by atoms with Crippen molar-refractivity contribution in [2.75, 3.05) is 19.6 Å². The van der Waals surface area contributed by atoms with E-state index in [1.54, 1.807) is 0 Å². The second kappa shape index (κ2) is 9.53. The maximum atomic E-state index is 12.7. The van der Waals surface area contributed by atoms with E-state index in [4.69, 9.17) is 0 Å². The summed E-state index contributed by atoms with van der Waals surface area (Å²) >= 11 is 0. The van der Waals surface area contributed by atoms with E-state index >= 15 is 0 Å². The normalized spacial score (nSPS) is 16.0. The molecule has 0 unspecified atom stereocenters. The quantitative estimate of drug-likeness (QED) is 0.778. The van der Waals surface area contributed by atoms with E-state index in [0.717, 1.165) is 30.7 Å². The Morgan fingerprint density at radius 1 is 1.10 bits per heavy atom. The predicted molar refractivity (Wildman–Crippen MR) is 117 cm³/mol. The van der Waals surface area contributed by atoms with Crippen molar-refractivity contribution in [2.24, 2.45) is 0 Å². The number of carbonyl (C=O) groups is 1. The lowest BCUT2D eigenvalue weighted by molar-refractivity contribution is -0.122. The van der Waals surface area contributed by atoms with Crippen molar-refractivity contribution in [1.82, 2.24) is 20.0 Å². The van der Waals surface area contributed by atoms with Crippen molar-refractivity contribution < 1.29 is 4.79 Å². The lowest BCUT2D eigenvalue weighted by atomic mass is 10.0. The van der Waals surface area contributed by atoms with Crippen molar-refractivity contribution in [3.63, 3.8) is 0 Å². The summed E-state index contributed by atoms with van der Waals surface area (Å²) in [5, 5.41) is 9.23. The first-order valence-corrected chi connectivity index (χ1v) is 10.9. The van der Waals surface area contributed by atoms with Gasteiger partial charge in [0.15, 0.2) is 0 Å². The number of aryl methyl sites for hydroxylation is 2. The van der Waals surface area contributed by atoms with Gasteiger partial charge in [-0.15, -0.1) is 0 Å². The molecule has 2 aromatic rings. The fraction of sp³-hybridized carbons (Fsp3) is 0.609. The second-order valence-corrected chi connectivity index (χ2v) is 8.74. The minimum atomic E-state index is -0.265. The summed E-state index contributed by atoms with van der Waals surface area (Å²) in [6, 6.07) is 7.53. The van der Waals surface area contributed by atoms with Crippen LogP contribution in [0.3, 0.4) is 0 Å². The molecule has 1 N–H and O–H groups in total. The fourth-order valence-corrected chi connectivity index (χ4v) is 4.27. The highest BCUT2D eigenvalue weighted by Gasteiger charge is 2.24. The van der Waals surface area contributed by atoms with Gasteiger partial charge in [0, 0.05) is 36.9 Å². The molecule has 0 aliphatic carbocycles. The Morgan fingerprint density at radius 2 is 1.76 bits per heavy atom. The third kappa shape index (κ3) is 5.66. The number of likely N-dealkylation sites (tertiary alicyclic amines) is 1. The number of amides is 1. The first-order chi connectivity index (χ1) is 13.9. The van der Waals surface area contributed by atoms with Crippen molar-refractivity contribution in [3.05, 3.63) is 40.3 Å². The van der Waals surface area contributed by atoms with E-state index < -0.39 is 0 Å². The molecule has 0 radical (unpaired) electrons. The standard InChI is InChI=1S/C23H34N4O2/c1-4-27-22(29)19-12-8-7-11-18(19)20(25-27)13-14-21(28)24-23(2,3)17-26-15-9-5-6-10-16-26/h7-8,11-12H,4-6,9-10,13-17H2,1-3H3,(H,24,28). The summed E-state index contributed by atoms with van der Waals surface area (Å²) in [5.41, 5.74) is 0.469. The van der Waals surface area contributed by atoms with Gasteiger partial charge in [-0.3, -0.25) is 9.59 Å². The van der Waals surface area contributed by atoms with Gasteiger partial charge in [0.25, 0.3) is 5.56 Å². The van der Waals surface area contributed by atoms with Crippen LogP contribution in [0.2, 0.25) is 0 Å². The Balaban J connectivity index is 1.64. The van der Waals surface area contributed by atoms with Gasteiger partial charge in [-0.25, -0.2) is 4.68 Å². The smallest absolute Gasteiger partial charge is 0.274 e. The SMILES string of the molecule is CCn1nc(CCC(=O)NC(C)(C)CN2CCCCCC2)c2ccccc2c1=O. The first-order valence-electron chi connectivity index (χ1n) is 10.9. The topological polar surface area (TPSA) is 67.2 Å². The molecule has 0 bridgehead atoms. The van der Waals surface area contributed by atoms with Crippen LogP contribution < -0.4 is 10.9 Å². The molecule has 0 saturated carbocycles. The third-order valence-corrected chi connectivity index (χ3v) is 5.63. The highest BCUT2D eigenvalue weighted by atomic mass is 16.1. The molecule has 1 aromatic carbocycles. The molecule has 1 amide bonds. The Morgan fingerprint density at radius 3 is 2.41 bits per heavy atom. The lowest BCUT2D eigenvalue weighted by Crippen LogP contribution is -2.51. The summed E-state index contributed by atoms with van der Waals surface area (Å²) in [5.74, 6) is 0.0324. The molecule has 1 saturated heterocycles. The van der Waals surface area contributed by atoms with E-state index in [0.29, 0.717) is 24.8 Å². The van der Waals surface area contributed by atoms with Gasteiger partial charge in [0.05, 0.1) is 11.1 Å². The Kier molecular flexibility index (Phi) is 7.06. The minimum Gasteiger partial charge on any atom is -0.350 e. The summed E-state index contributed by atoms with van der Waals surface area (Å²) in [4.78, 5) is 27.6. The van der Waals surface area contributed by atoms with Crippen molar-refractivity contribution in [2.45, 2.75) is 71.4 Å². The van der Waals surface area contributed by atoms with Gasteiger partial charge in [-0.1, -0.05) is 31.0 Å². The molecule has 2 heterocycles. The largest absolute Gasteiger partial charge is 0.350 e. The van der Waals surface area contributed by atoms with Crippen molar-refractivity contribution in [3.8, 4) is 0 Å². The van der Waals surface area contributed by atoms with Crippen LogP contribution in [0.15, 0.2) is 29.1 Å². The highest BCUT2D eigenvalue weighted by molar-refractivity contribution is 5.84. The summed E-state index contributed by atoms with van der Waals surface area (Å²) < 4.78 is 1.48. The van der Waals surface area contributed by atoms with Crippen LogP contribution in [0, 0.1) is 0 Å². The molecule has 1 aliphatic heterocycles. The number of nitrogens with one attached hydrogen (secondary N) is 1. The predicted octanol–water partition coefficient (Wildman–Crippen LogP) is 3.12. The number of fused-ring (bicyclic) bond motifs is 1. The molecule has 1 aliphatic rings. The number of benzene rings is 1. The molecular formula is C23H34N4O2. The van der Waals surface area contributed by atoms with Crippen LogP contribution in [0.4, 0.5) is 0 Å². The van der Waals surface area contributed by atoms with Gasteiger partial charge in [0.1, 0.15) is 0 Å². The maximum Gasteiger partial charge on any atom is 0.274 e. The van der Waals surface area contributed by atoms with Gasteiger partial charge >= 0.3 is 0 Å². The maximum absolute atomic E-state index is 12.7. The number of aromatic nitrogens is 2. The highest BCUT2D eigenvalue weighted by Crippen LogP contribution is 2.16. The number of rotatable bonds is 7. The van der Waals surface area contributed by atoms with E-state index in [1.165, 1.54) is 30.4 Å². The molecule has 6 nitrogen and oxygen atoms in total. The van der Waals surface area contributed by atoms with Crippen LogP contribution in [0.25, 0.3) is 10.8 Å². The molecule has 6 heteroatoms. The van der Waals surface area contributed by atoms with E-state index in [-0.39, 0.29) is 17.0 Å². The zero-order chi connectivity index (χ0) is 20.9. The number of hydrogen-bond donors (Lipinski definition) is 1. The van der Waals surface area contributed by atoms with Crippen molar-refractivity contribution >= 4 is 16.7 Å². The fourth-order valence-electron chi connectivity index (χ4n) is 4.27. The molecule has 1 aromatic heterocycles. The van der Waals surface area contributed by atoms with E-state index in [2.05, 4.69) is 29.2 Å². The zero-order valence-corrected chi connectivity index (χ0v) is 18.0. The number of nitrogens with zero attached hydrogens (tertiary/aromatic N) is 3. The molecule has 0 atom stereocenters. The summed E-state index contributed by atoms with van der Waals surface area (Å²) in [6.45, 7) is 9.74. The van der Waals surface area contributed by atoms with E-state index in [1.807, 2.05) is 31.2 Å². The number of hydrogen-bond acceptors (Lipinski definition) is 4. The van der Waals surface area contributed by atoms with Gasteiger partial charge in [0.2, 0.25) is 5.91 Å². The zero-order valence-electron chi connectivity index (χ0n) is 18.0. The Hall–Kier alpha value is -2.21. The average molecular weight is 399 g/mol. The van der Waals surface area contributed by atoms with Gasteiger partial charge < -0.3 is 10.2 Å². The molecule has 1 fully saturated rings. The molecule has 158 valence electrons. The van der Waals surface area contributed by atoms with Crippen LogP contribution in [-0.2, 0) is 17.8 Å². The average Bonchev–Trinajstić information content (AvgIpc) is 2.95. The van der Waals surface area contributed by atoms with Crippen LogP contribution in [0.1, 0.15) is 58.6 Å². The first kappa shape index (κ1) is 21.5. The Labute approximate surface area is 173 Å². The number of carbonyl (C=O) groups excluding carboxylic acids is 1. The molecular weight excluding hydrogens is 364 g/mol. The monoisotopic (exact) mass is 398 g/mol. The van der Waals surface area contributed by atoms with Gasteiger partial charge in [-0.2, -0.15) is 5.10 Å². The lowest BCUT2D eigenvalue weighted by Gasteiger charge is -2.33. The van der Waals surface area contributed by atoms with Crippen LogP contribution >= 0.6 is 0 Å². The van der Waals surface area contributed by atoms with Crippen LogP contribution in [0.5, 0.6) is 0 Å². The Bertz CT molecular complexity index is 895. The minimum absolute atomic E-state index is 0.0324. The van der Waals surface area contributed by atoms with Gasteiger partial charge in [-0.05, 0) is 52.8 Å². The third-order valence-electron chi connectivity index (χ3n) is 5.63. The summed E-state index contributed by atoms with van der Waals surface area (Å²) in [6.07, 6.45) is 5.99. The van der Waals surface area contributed by atoms with Crippen LogP contribution in [-0.4, -0.2) is 45.8 Å². The molecule has 3 rings (SSSR count). The molecule has 29 heavy (non-hydrogen) atoms. The summed E-state index contributed by atoms with van der Waals surface area (Å²) in [7, 11) is 0. The van der Waals surface area contributed by atoms with Crippen molar-refractivity contribution in [1.29, 1.82) is 0 Å². The van der Waals surface area contributed by atoms with E-state index in [9.17, 15) is 9.59 Å².